The van der Waals surface area contributed by atoms with Crippen molar-refractivity contribution in [3.05, 3.63) is 22.4 Å². The zero-order valence-corrected chi connectivity index (χ0v) is 6.47. The van der Waals surface area contributed by atoms with E-state index in [4.69, 9.17) is 5.11 Å². The molecule has 0 unspecified atom stereocenters. The average molecular weight is 154 g/mol. The van der Waals surface area contributed by atoms with Crippen LogP contribution >= 0.6 is 11.3 Å². The summed E-state index contributed by atoms with van der Waals surface area (Å²) in [5, 5.41) is 11.1. The molecule has 54 valence electrons. The van der Waals surface area contributed by atoms with E-state index in [0.29, 0.717) is 5.92 Å². The molecule has 1 aromatic heterocycles. The van der Waals surface area contributed by atoms with Gasteiger partial charge in [-0.3, -0.25) is 0 Å². The lowest BCUT2D eigenvalue weighted by molar-refractivity contribution is 0.0758. The SMILES string of the molecule is OC1CC(c2cccs2)C1. The third kappa shape index (κ3) is 0.976. The molecule has 1 fully saturated rings. The number of hydrogen-bond acceptors (Lipinski definition) is 2. The summed E-state index contributed by atoms with van der Waals surface area (Å²) in [4.78, 5) is 1.44. The fraction of sp³-hybridized carbons (Fsp3) is 0.500. The molecule has 0 amide bonds. The van der Waals surface area contributed by atoms with Crippen LogP contribution in [-0.2, 0) is 0 Å². The van der Waals surface area contributed by atoms with E-state index in [1.807, 2.05) is 0 Å². The standard InChI is InChI=1S/C8H10OS/c9-7-4-6(5-7)8-2-1-3-10-8/h1-3,6-7,9H,4-5H2. The van der Waals surface area contributed by atoms with E-state index in [-0.39, 0.29) is 6.10 Å². The van der Waals surface area contributed by atoms with Gasteiger partial charge in [-0.15, -0.1) is 11.3 Å². The van der Waals surface area contributed by atoms with Gasteiger partial charge in [-0.25, -0.2) is 0 Å². The largest absolute Gasteiger partial charge is 0.393 e. The Labute approximate surface area is 64.3 Å². The molecule has 0 saturated heterocycles. The molecule has 1 aliphatic carbocycles. The van der Waals surface area contributed by atoms with Crippen LogP contribution in [0.2, 0.25) is 0 Å². The molecule has 1 heterocycles. The summed E-state index contributed by atoms with van der Waals surface area (Å²) in [6.45, 7) is 0. The second-order valence-corrected chi connectivity index (χ2v) is 3.82. The Morgan fingerprint density at radius 3 is 2.80 bits per heavy atom. The molecule has 2 rings (SSSR count). The van der Waals surface area contributed by atoms with Crippen molar-refractivity contribution in [2.45, 2.75) is 24.9 Å². The second-order valence-electron chi connectivity index (χ2n) is 2.84. The van der Waals surface area contributed by atoms with Crippen LogP contribution in [0.4, 0.5) is 0 Å². The first-order chi connectivity index (χ1) is 4.86. The molecule has 1 aromatic rings. The lowest BCUT2D eigenvalue weighted by Crippen LogP contribution is -2.25. The zero-order valence-electron chi connectivity index (χ0n) is 5.66. The van der Waals surface area contributed by atoms with Gasteiger partial charge in [-0.05, 0) is 30.2 Å². The van der Waals surface area contributed by atoms with E-state index in [1.54, 1.807) is 11.3 Å². The first-order valence-corrected chi connectivity index (χ1v) is 4.45. The molecule has 10 heavy (non-hydrogen) atoms. The van der Waals surface area contributed by atoms with Gasteiger partial charge in [-0.2, -0.15) is 0 Å². The van der Waals surface area contributed by atoms with Gasteiger partial charge in [0.05, 0.1) is 6.10 Å². The molecule has 1 N–H and O–H groups in total. The molecule has 2 heteroatoms. The van der Waals surface area contributed by atoms with Gasteiger partial charge in [0.1, 0.15) is 0 Å². The van der Waals surface area contributed by atoms with E-state index < -0.39 is 0 Å². The molecule has 0 aliphatic heterocycles. The van der Waals surface area contributed by atoms with Crippen molar-refractivity contribution in [3.63, 3.8) is 0 Å². The first kappa shape index (κ1) is 6.38. The molecule has 1 aliphatic rings. The van der Waals surface area contributed by atoms with Gasteiger partial charge in [0.25, 0.3) is 0 Å². The van der Waals surface area contributed by atoms with Crippen LogP contribution in [-0.4, -0.2) is 11.2 Å². The molecule has 0 aromatic carbocycles. The molecule has 0 spiro atoms. The van der Waals surface area contributed by atoms with Gasteiger partial charge in [0.15, 0.2) is 0 Å². The third-order valence-electron chi connectivity index (χ3n) is 2.06. The van der Waals surface area contributed by atoms with E-state index >= 15 is 0 Å². The predicted molar refractivity (Wildman–Crippen MR) is 42.3 cm³/mol. The Kier molecular flexibility index (Phi) is 1.51. The van der Waals surface area contributed by atoms with Crippen molar-refractivity contribution < 1.29 is 5.11 Å². The molecular weight excluding hydrogens is 144 g/mol. The number of rotatable bonds is 1. The summed E-state index contributed by atoms with van der Waals surface area (Å²) in [6.07, 6.45) is 1.92. The van der Waals surface area contributed by atoms with Crippen molar-refractivity contribution >= 4 is 11.3 Å². The highest BCUT2D eigenvalue weighted by Gasteiger charge is 2.28. The smallest absolute Gasteiger partial charge is 0.0552 e. The Hall–Kier alpha value is -0.340. The summed E-state index contributed by atoms with van der Waals surface area (Å²) >= 11 is 1.80. The van der Waals surface area contributed by atoms with Crippen molar-refractivity contribution in [2.75, 3.05) is 0 Å². The monoisotopic (exact) mass is 154 g/mol. The fourth-order valence-electron chi connectivity index (χ4n) is 1.34. The maximum atomic E-state index is 9.02. The zero-order chi connectivity index (χ0) is 6.97. The predicted octanol–water partition coefficient (Wildman–Crippen LogP) is 1.99. The fourth-order valence-corrected chi connectivity index (χ4v) is 2.20. The topological polar surface area (TPSA) is 20.2 Å². The van der Waals surface area contributed by atoms with Crippen LogP contribution < -0.4 is 0 Å². The molecule has 1 nitrogen and oxygen atoms in total. The Balaban J connectivity index is 2.04. The van der Waals surface area contributed by atoms with Crippen LogP contribution in [0.15, 0.2) is 17.5 Å². The van der Waals surface area contributed by atoms with Crippen molar-refractivity contribution in [1.29, 1.82) is 0 Å². The highest BCUT2D eigenvalue weighted by Crippen LogP contribution is 2.38. The van der Waals surface area contributed by atoms with E-state index in [1.165, 1.54) is 4.88 Å². The van der Waals surface area contributed by atoms with Gasteiger partial charge >= 0.3 is 0 Å². The van der Waals surface area contributed by atoms with Crippen LogP contribution in [0.3, 0.4) is 0 Å². The highest BCUT2D eigenvalue weighted by atomic mass is 32.1. The summed E-state index contributed by atoms with van der Waals surface area (Å²) < 4.78 is 0. The Bertz CT molecular complexity index is 199. The van der Waals surface area contributed by atoms with E-state index in [2.05, 4.69) is 17.5 Å². The molecule has 1 saturated carbocycles. The van der Waals surface area contributed by atoms with Gasteiger partial charge in [0, 0.05) is 4.88 Å². The summed E-state index contributed by atoms with van der Waals surface area (Å²) in [6, 6.07) is 4.23. The summed E-state index contributed by atoms with van der Waals surface area (Å²) in [5.41, 5.74) is 0. The Morgan fingerprint density at radius 1 is 1.50 bits per heavy atom. The normalized spacial score (nSPS) is 31.7. The third-order valence-corrected chi connectivity index (χ3v) is 3.09. The highest BCUT2D eigenvalue weighted by molar-refractivity contribution is 7.10. The average Bonchev–Trinajstić information content (AvgIpc) is 2.31. The van der Waals surface area contributed by atoms with Crippen LogP contribution in [0, 0.1) is 0 Å². The maximum Gasteiger partial charge on any atom is 0.0552 e. The van der Waals surface area contributed by atoms with Crippen LogP contribution in [0.1, 0.15) is 23.6 Å². The van der Waals surface area contributed by atoms with Crippen molar-refractivity contribution in [2.24, 2.45) is 0 Å². The van der Waals surface area contributed by atoms with Gasteiger partial charge in [0.2, 0.25) is 0 Å². The minimum absolute atomic E-state index is 0.0212. The maximum absolute atomic E-state index is 9.02. The van der Waals surface area contributed by atoms with Gasteiger partial charge < -0.3 is 5.11 Å². The van der Waals surface area contributed by atoms with Crippen LogP contribution in [0.5, 0.6) is 0 Å². The molecule has 0 bridgehead atoms. The van der Waals surface area contributed by atoms with Crippen LogP contribution in [0.25, 0.3) is 0 Å². The molecular formula is C8H10OS. The lowest BCUT2D eigenvalue weighted by atomic mass is 9.81. The quantitative estimate of drug-likeness (QED) is 0.656. The molecule has 0 radical (unpaired) electrons. The first-order valence-electron chi connectivity index (χ1n) is 3.58. The van der Waals surface area contributed by atoms with Crippen molar-refractivity contribution in [3.8, 4) is 0 Å². The van der Waals surface area contributed by atoms with E-state index in [0.717, 1.165) is 12.8 Å². The molecule has 0 atom stereocenters. The van der Waals surface area contributed by atoms with Crippen molar-refractivity contribution in [1.82, 2.24) is 0 Å². The lowest BCUT2D eigenvalue weighted by Gasteiger charge is -2.30. The minimum Gasteiger partial charge on any atom is -0.393 e. The number of thiophene rings is 1. The minimum atomic E-state index is -0.0212. The Morgan fingerprint density at radius 2 is 2.30 bits per heavy atom. The number of aliphatic hydroxyl groups is 1. The number of aliphatic hydroxyl groups excluding tert-OH is 1. The van der Waals surface area contributed by atoms with Gasteiger partial charge in [-0.1, -0.05) is 6.07 Å². The second kappa shape index (κ2) is 2.36. The summed E-state index contributed by atoms with van der Waals surface area (Å²) in [5.74, 6) is 0.662. The summed E-state index contributed by atoms with van der Waals surface area (Å²) in [7, 11) is 0. The van der Waals surface area contributed by atoms with E-state index in [9.17, 15) is 0 Å². The number of hydrogen-bond donors (Lipinski definition) is 1.